The van der Waals surface area contributed by atoms with Crippen molar-refractivity contribution in [3.05, 3.63) is 35.4 Å². The van der Waals surface area contributed by atoms with Gasteiger partial charge in [-0.1, -0.05) is 24.3 Å². The van der Waals surface area contributed by atoms with Crippen LogP contribution in [0.5, 0.6) is 0 Å². The van der Waals surface area contributed by atoms with Gasteiger partial charge in [-0.05, 0) is 44.0 Å². The van der Waals surface area contributed by atoms with Crippen LogP contribution in [0.3, 0.4) is 0 Å². The van der Waals surface area contributed by atoms with Crippen molar-refractivity contribution >= 4 is 0 Å². The van der Waals surface area contributed by atoms with Gasteiger partial charge in [0.2, 0.25) is 0 Å². The summed E-state index contributed by atoms with van der Waals surface area (Å²) in [7, 11) is 0. The molecule has 4 heteroatoms. The van der Waals surface area contributed by atoms with Gasteiger partial charge in [-0.15, -0.1) is 0 Å². The lowest BCUT2D eigenvalue weighted by molar-refractivity contribution is 0.330. The van der Waals surface area contributed by atoms with Crippen LogP contribution >= 0.6 is 0 Å². The van der Waals surface area contributed by atoms with E-state index in [1.807, 2.05) is 0 Å². The molecule has 21 heavy (non-hydrogen) atoms. The molecule has 2 aliphatic heterocycles. The Balaban J connectivity index is 1.52. The molecule has 2 fully saturated rings. The minimum atomic E-state index is 0.553. The highest BCUT2D eigenvalue weighted by molar-refractivity contribution is 5.27. The molecule has 2 heterocycles. The van der Waals surface area contributed by atoms with Gasteiger partial charge < -0.3 is 5.32 Å². The summed E-state index contributed by atoms with van der Waals surface area (Å²) in [4.78, 5) is 2.58. The number of nitrogens with one attached hydrogen (secondary N) is 3. The first-order chi connectivity index (χ1) is 10.3. The van der Waals surface area contributed by atoms with E-state index < -0.39 is 0 Å². The lowest BCUT2D eigenvalue weighted by atomic mass is 10.0. The molecule has 0 bridgehead atoms. The maximum absolute atomic E-state index is 3.64. The van der Waals surface area contributed by atoms with Crippen LogP contribution in [0.1, 0.15) is 30.9 Å². The first kappa shape index (κ1) is 15.0. The minimum Gasteiger partial charge on any atom is -0.312 e. The van der Waals surface area contributed by atoms with E-state index in [1.165, 1.54) is 37.1 Å². The molecule has 2 aliphatic rings. The quantitative estimate of drug-likeness (QED) is 0.741. The molecule has 4 nitrogen and oxygen atoms in total. The molecule has 2 atom stereocenters. The first-order valence-corrected chi connectivity index (χ1v) is 8.31. The number of nitrogens with zero attached hydrogens (tertiary/aromatic N) is 1. The molecule has 0 saturated carbocycles. The van der Waals surface area contributed by atoms with Gasteiger partial charge in [0.15, 0.2) is 0 Å². The zero-order valence-corrected chi connectivity index (χ0v) is 13.1. The normalized spacial score (nSPS) is 26.5. The minimum absolute atomic E-state index is 0.553. The summed E-state index contributed by atoms with van der Waals surface area (Å²) in [5, 5.41) is 3.64. The van der Waals surface area contributed by atoms with Gasteiger partial charge in [0, 0.05) is 38.1 Å². The third kappa shape index (κ3) is 4.04. The highest BCUT2D eigenvalue weighted by Gasteiger charge is 2.22. The highest BCUT2D eigenvalue weighted by Crippen LogP contribution is 2.16. The second-order valence-electron chi connectivity index (χ2n) is 6.46. The van der Waals surface area contributed by atoms with E-state index in [2.05, 4.69) is 52.3 Å². The van der Waals surface area contributed by atoms with Crippen LogP contribution in [0, 0.1) is 5.92 Å². The fraction of sp³-hybridized carbons (Fsp3) is 0.647. The van der Waals surface area contributed by atoms with Crippen LogP contribution in [0.25, 0.3) is 0 Å². The average molecular weight is 288 g/mol. The first-order valence-electron chi connectivity index (χ1n) is 8.31. The predicted octanol–water partition coefficient (Wildman–Crippen LogP) is 1.48. The number of benzene rings is 1. The topological polar surface area (TPSA) is 39.3 Å². The van der Waals surface area contributed by atoms with E-state index in [9.17, 15) is 0 Å². The Morgan fingerprint density at radius 2 is 1.95 bits per heavy atom. The van der Waals surface area contributed by atoms with Crippen molar-refractivity contribution in [3.63, 3.8) is 0 Å². The van der Waals surface area contributed by atoms with Crippen LogP contribution in [-0.2, 0) is 13.1 Å². The van der Waals surface area contributed by atoms with Gasteiger partial charge in [-0.25, -0.2) is 0 Å². The van der Waals surface area contributed by atoms with Crippen molar-refractivity contribution in [1.82, 2.24) is 21.1 Å². The molecule has 116 valence electrons. The lowest BCUT2D eigenvalue weighted by Crippen LogP contribution is -2.32. The van der Waals surface area contributed by atoms with Crippen molar-refractivity contribution in [2.24, 2.45) is 5.92 Å². The highest BCUT2D eigenvalue weighted by atomic mass is 15.4. The van der Waals surface area contributed by atoms with E-state index in [4.69, 9.17) is 0 Å². The molecular formula is C17H28N4. The molecule has 3 N–H and O–H groups in total. The molecule has 0 aromatic heterocycles. The van der Waals surface area contributed by atoms with E-state index >= 15 is 0 Å². The predicted molar refractivity (Wildman–Crippen MR) is 86.8 cm³/mol. The van der Waals surface area contributed by atoms with Crippen LogP contribution in [-0.4, -0.2) is 37.1 Å². The summed E-state index contributed by atoms with van der Waals surface area (Å²) in [5.74, 6) is 0.677. The summed E-state index contributed by atoms with van der Waals surface area (Å²) in [6.07, 6.45) is 2.72. The molecule has 3 rings (SSSR count). The third-order valence-corrected chi connectivity index (χ3v) is 4.83. The third-order valence-electron chi connectivity index (χ3n) is 4.83. The summed E-state index contributed by atoms with van der Waals surface area (Å²) in [6.45, 7) is 8.99. The zero-order valence-electron chi connectivity index (χ0n) is 13.1. The van der Waals surface area contributed by atoms with Crippen LogP contribution in [0.15, 0.2) is 24.3 Å². The van der Waals surface area contributed by atoms with Crippen molar-refractivity contribution in [2.45, 2.75) is 38.9 Å². The number of rotatable bonds is 6. The lowest BCUT2D eigenvalue weighted by Gasteiger charge is -2.19. The summed E-state index contributed by atoms with van der Waals surface area (Å²) < 4.78 is 0. The monoisotopic (exact) mass is 288 g/mol. The number of hydrogen-bond acceptors (Lipinski definition) is 4. The van der Waals surface area contributed by atoms with Crippen molar-refractivity contribution in [2.75, 3.05) is 26.2 Å². The van der Waals surface area contributed by atoms with Crippen LogP contribution in [0.2, 0.25) is 0 Å². The Labute approximate surface area is 128 Å². The van der Waals surface area contributed by atoms with Crippen LogP contribution in [0.4, 0.5) is 0 Å². The van der Waals surface area contributed by atoms with Crippen molar-refractivity contribution in [1.29, 1.82) is 0 Å². The molecule has 2 unspecified atom stereocenters. The maximum atomic E-state index is 3.64. The largest absolute Gasteiger partial charge is 0.312 e. The van der Waals surface area contributed by atoms with Gasteiger partial charge >= 0.3 is 0 Å². The zero-order chi connectivity index (χ0) is 14.5. The summed E-state index contributed by atoms with van der Waals surface area (Å²) in [5.41, 5.74) is 9.46. The summed E-state index contributed by atoms with van der Waals surface area (Å²) in [6, 6.07) is 9.44. The van der Waals surface area contributed by atoms with E-state index in [-0.39, 0.29) is 0 Å². The maximum Gasteiger partial charge on any atom is 0.0237 e. The Morgan fingerprint density at radius 3 is 2.67 bits per heavy atom. The van der Waals surface area contributed by atoms with Gasteiger partial charge in [0.05, 0.1) is 0 Å². The SMILES string of the molecule is CC1NNCC1CNCc1ccccc1CN1CCCC1. The molecule has 0 amide bonds. The number of hydrazine groups is 1. The van der Waals surface area contributed by atoms with E-state index in [1.54, 1.807) is 0 Å². The number of hydrogen-bond donors (Lipinski definition) is 3. The smallest absolute Gasteiger partial charge is 0.0237 e. The molecule has 0 aliphatic carbocycles. The van der Waals surface area contributed by atoms with E-state index in [0.29, 0.717) is 12.0 Å². The Hall–Kier alpha value is -0.940. The fourth-order valence-corrected chi connectivity index (χ4v) is 3.35. The van der Waals surface area contributed by atoms with Crippen molar-refractivity contribution in [3.8, 4) is 0 Å². The van der Waals surface area contributed by atoms with Crippen LogP contribution < -0.4 is 16.2 Å². The molecule has 1 aromatic carbocycles. The van der Waals surface area contributed by atoms with Gasteiger partial charge in [0.1, 0.15) is 0 Å². The molecule has 0 radical (unpaired) electrons. The molecule has 2 saturated heterocycles. The number of likely N-dealkylation sites (tertiary alicyclic amines) is 1. The Bertz CT molecular complexity index is 442. The fourth-order valence-electron chi connectivity index (χ4n) is 3.35. The van der Waals surface area contributed by atoms with Gasteiger partial charge in [-0.2, -0.15) is 0 Å². The molecular weight excluding hydrogens is 260 g/mol. The second kappa shape index (κ2) is 7.36. The average Bonchev–Trinajstić information content (AvgIpc) is 3.13. The Kier molecular flexibility index (Phi) is 5.25. The molecule has 1 aromatic rings. The van der Waals surface area contributed by atoms with Crippen molar-refractivity contribution < 1.29 is 0 Å². The summed E-state index contributed by atoms with van der Waals surface area (Å²) >= 11 is 0. The van der Waals surface area contributed by atoms with E-state index in [0.717, 1.165) is 26.2 Å². The molecule has 0 spiro atoms. The Morgan fingerprint density at radius 1 is 1.19 bits per heavy atom. The van der Waals surface area contributed by atoms with Gasteiger partial charge in [0.25, 0.3) is 0 Å². The van der Waals surface area contributed by atoms with Gasteiger partial charge in [-0.3, -0.25) is 15.8 Å². The second-order valence-corrected chi connectivity index (χ2v) is 6.46. The standard InChI is InChI=1S/C17H28N4/c1-14-17(12-19-20-14)11-18-10-15-6-2-3-7-16(15)13-21-8-4-5-9-21/h2-3,6-7,14,17-20H,4-5,8-13H2,1H3.